The highest BCUT2D eigenvalue weighted by Gasteiger charge is 2.23. The van der Waals surface area contributed by atoms with E-state index < -0.39 is 0 Å². The second-order valence-electron chi connectivity index (χ2n) is 5.66. The summed E-state index contributed by atoms with van der Waals surface area (Å²) in [7, 11) is 0. The van der Waals surface area contributed by atoms with Gasteiger partial charge in [0.2, 0.25) is 0 Å². The Kier molecular flexibility index (Phi) is 7.15. The maximum Gasteiger partial charge on any atom is 0.272 e. The van der Waals surface area contributed by atoms with Crippen LogP contribution in [0.3, 0.4) is 0 Å². The number of carbonyl (C=O) groups excluding carboxylic acids is 1. The molecule has 24 heavy (non-hydrogen) atoms. The molecule has 130 valence electrons. The first-order chi connectivity index (χ1) is 11.3. The summed E-state index contributed by atoms with van der Waals surface area (Å²) in [4.78, 5) is 13.8. The van der Waals surface area contributed by atoms with E-state index in [0.29, 0.717) is 12.2 Å². The number of H-pyrrole nitrogens is 1. The Balaban J connectivity index is 0.00000208. The molecular weight excluding hydrogens is 344 g/mol. The van der Waals surface area contributed by atoms with Gasteiger partial charge in [0.1, 0.15) is 0 Å². The molecule has 1 atom stereocenters. The van der Waals surface area contributed by atoms with Crippen molar-refractivity contribution in [3.63, 3.8) is 0 Å². The third-order valence-corrected chi connectivity index (χ3v) is 5.22. The van der Waals surface area contributed by atoms with Gasteiger partial charge in [-0.1, -0.05) is 25.1 Å². The number of halogens is 1. The predicted molar refractivity (Wildman–Crippen MR) is 100.0 cm³/mol. The van der Waals surface area contributed by atoms with E-state index in [2.05, 4.69) is 39.9 Å². The summed E-state index contributed by atoms with van der Waals surface area (Å²) in [5.41, 5.74) is 2.63. The van der Waals surface area contributed by atoms with Crippen LogP contribution in [-0.2, 0) is 13.0 Å². The molecule has 3 rings (SSSR count). The molecule has 5 nitrogen and oxygen atoms in total. The number of nitrogens with one attached hydrogen (secondary N) is 3. The highest BCUT2D eigenvalue weighted by Crippen LogP contribution is 2.20. The lowest BCUT2D eigenvalue weighted by Crippen LogP contribution is -2.37. The van der Waals surface area contributed by atoms with Gasteiger partial charge >= 0.3 is 0 Å². The normalized spacial score (nSPS) is 14.4. The van der Waals surface area contributed by atoms with Gasteiger partial charge < -0.3 is 10.6 Å². The van der Waals surface area contributed by atoms with Gasteiger partial charge in [0.15, 0.2) is 5.69 Å². The van der Waals surface area contributed by atoms with E-state index in [4.69, 9.17) is 0 Å². The van der Waals surface area contributed by atoms with Crippen molar-refractivity contribution in [2.24, 2.45) is 0 Å². The van der Waals surface area contributed by atoms with Crippen molar-refractivity contribution in [1.82, 2.24) is 20.8 Å². The molecule has 2 aromatic rings. The second-order valence-corrected chi connectivity index (χ2v) is 6.75. The van der Waals surface area contributed by atoms with Crippen molar-refractivity contribution in [2.75, 3.05) is 12.3 Å². The summed E-state index contributed by atoms with van der Waals surface area (Å²) in [5.74, 6) is 0.781. The smallest absolute Gasteiger partial charge is 0.272 e. The van der Waals surface area contributed by atoms with Crippen LogP contribution in [0.2, 0.25) is 0 Å². The van der Waals surface area contributed by atoms with Gasteiger partial charge in [-0.15, -0.1) is 24.2 Å². The second kappa shape index (κ2) is 9.11. The minimum absolute atomic E-state index is 0. The lowest BCUT2D eigenvalue weighted by Gasteiger charge is -2.17. The number of hydrogen-bond acceptors (Lipinski definition) is 4. The van der Waals surface area contributed by atoms with E-state index in [9.17, 15) is 4.79 Å². The first-order valence-corrected chi connectivity index (χ1v) is 9.02. The fourth-order valence-corrected chi connectivity index (χ4v) is 3.70. The van der Waals surface area contributed by atoms with Crippen LogP contribution < -0.4 is 10.6 Å². The quantitative estimate of drug-likeness (QED) is 0.687. The number of carbonyl (C=O) groups is 1. The van der Waals surface area contributed by atoms with E-state index >= 15 is 0 Å². The zero-order valence-corrected chi connectivity index (χ0v) is 15.3. The highest BCUT2D eigenvalue weighted by molar-refractivity contribution is 7.99. The maximum absolute atomic E-state index is 12.5. The number of thioether (sulfide) groups is 1. The molecule has 0 fully saturated rings. The number of nitrogens with zero attached hydrogens (tertiary/aromatic N) is 1. The molecule has 1 aliphatic rings. The van der Waals surface area contributed by atoms with E-state index in [1.165, 1.54) is 4.90 Å². The molecule has 0 aliphatic carbocycles. The van der Waals surface area contributed by atoms with Crippen LogP contribution in [0, 0.1) is 0 Å². The molecule has 1 aliphatic heterocycles. The van der Waals surface area contributed by atoms with Crippen molar-refractivity contribution in [2.45, 2.75) is 37.2 Å². The summed E-state index contributed by atoms with van der Waals surface area (Å²) in [6.07, 6.45) is 1.80. The average Bonchev–Trinajstić information content (AvgIpc) is 3.03. The lowest BCUT2D eigenvalue weighted by atomic mass is 10.1. The first-order valence-electron chi connectivity index (χ1n) is 8.03. The number of amides is 1. The van der Waals surface area contributed by atoms with E-state index in [-0.39, 0.29) is 24.4 Å². The number of fused-ring (bicyclic) bond motifs is 1. The molecule has 0 bridgehead atoms. The fourth-order valence-electron chi connectivity index (χ4n) is 2.64. The van der Waals surface area contributed by atoms with Gasteiger partial charge in [0.05, 0.1) is 0 Å². The summed E-state index contributed by atoms with van der Waals surface area (Å²) >= 11 is 1.77. The molecule has 0 saturated carbocycles. The average molecular weight is 367 g/mol. The predicted octanol–water partition coefficient (Wildman–Crippen LogP) is 2.78. The minimum atomic E-state index is -0.0771. The SMILES string of the molecule is CCC(CSc1ccccc1)NC(=O)c1n[nH]c2c1CNCC2.Cl. The molecule has 1 amide bonds. The van der Waals surface area contributed by atoms with Gasteiger partial charge in [0, 0.05) is 47.5 Å². The monoisotopic (exact) mass is 366 g/mol. The fraction of sp³-hybridized carbons (Fsp3) is 0.412. The molecule has 2 heterocycles. The molecule has 0 spiro atoms. The van der Waals surface area contributed by atoms with Crippen LogP contribution in [0.25, 0.3) is 0 Å². The van der Waals surface area contributed by atoms with Gasteiger partial charge in [-0.05, 0) is 18.6 Å². The maximum atomic E-state index is 12.5. The van der Waals surface area contributed by atoms with Crippen LogP contribution in [0.15, 0.2) is 35.2 Å². The highest BCUT2D eigenvalue weighted by atomic mass is 35.5. The van der Waals surface area contributed by atoms with Crippen LogP contribution in [0.1, 0.15) is 35.1 Å². The third-order valence-electron chi connectivity index (χ3n) is 4.04. The number of aromatic nitrogens is 2. The Morgan fingerprint density at radius 3 is 2.92 bits per heavy atom. The van der Waals surface area contributed by atoms with Gasteiger partial charge in [-0.25, -0.2) is 0 Å². The molecule has 7 heteroatoms. The summed E-state index contributed by atoms with van der Waals surface area (Å²) in [5, 5.41) is 13.6. The number of hydrogen-bond donors (Lipinski definition) is 3. The Morgan fingerprint density at radius 2 is 2.17 bits per heavy atom. The Hall–Kier alpha value is -1.50. The van der Waals surface area contributed by atoms with Crippen molar-refractivity contribution < 1.29 is 4.79 Å². The Bertz CT molecular complexity index is 662. The number of rotatable bonds is 6. The Labute approximate surface area is 152 Å². The van der Waals surface area contributed by atoms with Gasteiger partial charge in [-0.3, -0.25) is 9.89 Å². The molecule has 1 aromatic heterocycles. The van der Waals surface area contributed by atoms with E-state index in [0.717, 1.165) is 36.4 Å². The first kappa shape index (κ1) is 18.8. The zero-order valence-electron chi connectivity index (χ0n) is 13.7. The minimum Gasteiger partial charge on any atom is -0.347 e. The van der Waals surface area contributed by atoms with Crippen LogP contribution in [0.4, 0.5) is 0 Å². The van der Waals surface area contributed by atoms with Crippen molar-refractivity contribution in [3.05, 3.63) is 47.3 Å². The number of benzene rings is 1. The topological polar surface area (TPSA) is 69.8 Å². The van der Waals surface area contributed by atoms with E-state index in [1.807, 2.05) is 18.2 Å². The molecule has 1 aromatic carbocycles. The molecular formula is C17H23ClN4OS. The third kappa shape index (κ3) is 4.53. The summed E-state index contributed by atoms with van der Waals surface area (Å²) in [6.45, 7) is 3.74. The standard InChI is InChI=1S/C17H22N4OS.ClH/c1-2-12(11-23-13-6-4-3-5-7-13)19-17(22)16-14-10-18-9-8-15(14)20-21-16;/h3-7,12,18H,2,8-11H2,1H3,(H,19,22)(H,20,21);1H. The van der Waals surface area contributed by atoms with Crippen molar-refractivity contribution >= 4 is 30.1 Å². The summed E-state index contributed by atoms with van der Waals surface area (Å²) < 4.78 is 0. The van der Waals surface area contributed by atoms with Crippen molar-refractivity contribution in [3.8, 4) is 0 Å². The van der Waals surface area contributed by atoms with E-state index in [1.54, 1.807) is 11.8 Å². The molecule has 0 radical (unpaired) electrons. The lowest BCUT2D eigenvalue weighted by molar-refractivity contribution is 0.0933. The van der Waals surface area contributed by atoms with Gasteiger partial charge in [-0.2, -0.15) is 5.10 Å². The van der Waals surface area contributed by atoms with Crippen LogP contribution >= 0.6 is 24.2 Å². The summed E-state index contributed by atoms with van der Waals surface area (Å²) in [6, 6.07) is 10.4. The zero-order chi connectivity index (χ0) is 16.1. The molecule has 3 N–H and O–H groups in total. The van der Waals surface area contributed by atoms with Crippen molar-refractivity contribution in [1.29, 1.82) is 0 Å². The Morgan fingerprint density at radius 1 is 1.38 bits per heavy atom. The van der Waals surface area contributed by atoms with Crippen LogP contribution in [-0.4, -0.2) is 34.4 Å². The number of aromatic amines is 1. The molecule has 1 unspecified atom stereocenters. The van der Waals surface area contributed by atoms with Gasteiger partial charge in [0.25, 0.3) is 5.91 Å². The molecule has 0 saturated heterocycles. The van der Waals surface area contributed by atoms with Crippen LogP contribution in [0.5, 0.6) is 0 Å². The largest absolute Gasteiger partial charge is 0.347 e.